The molecule has 0 spiro atoms. The molecule has 35 heavy (non-hydrogen) atoms. The number of anilines is 1. The lowest BCUT2D eigenvalue weighted by Gasteiger charge is -2.21. The monoisotopic (exact) mass is 510 g/mol. The Hall–Kier alpha value is -1.85. The van der Waals surface area contributed by atoms with Gasteiger partial charge in [-0.15, -0.1) is 0 Å². The number of rotatable bonds is 18. The molecule has 0 heterocycles. The molecular formula is C25H42N4O5S. The lowest BCUT2D eigenvalue weighted by Crippen LogP contribution is -2.35. The Labute approximate surface area is 213 Å². The Morgan fingerprint density at radius 2 is 1.71 bits per heavy atom. The molecule has 0 bridgehead atoms. The molecule has 4 N–H and O–H groups in total. The molecule has 0 unspecified atom stereocenters. The number of amides is 1. The lowest BCUT2D eigenvalue weighted by atomic mass is 10.2. The first-order valence-corrected chi connectivity index (χ1v) is 13.4. The van der Waals surface area contributed by atoms with E-state index in [9.17, 15) is 4.79 Å². The summed E-state index contributed by atoms with van der Waals surface area (Å²) in [6, 6.07) is 7.37. The summed E-state index contributed by atoms with van der Waals surface area (Å²) in [7, 11) is 1.71. The number of carbonyl (C=O) groups is 1. The highest BCUT2D eigenvalue weighted by atomic mass is 32.2. The van der Waals surface area contributed by atoms with Crippen molar-refractivity contribution < 1.29 is 23.7 Å². The third-order valence-electron chi connectivity index (χ3n) is 5.61. The van der Waals surface area contributed by atoms with Crippen LogP contribution in [0.15, 0.2) is 24.3 Å². The van der Waals surface area contributed by atoms with Crippen LogP contribution in [0, 0.1) is 5.41 Å². The van der Waals surface area contributed by atoms with Gasteiger partial charge < -0.3 is 24.3 Å². The maximum absolute atomic E-state index is 11.7. The van der Waals surface area contributed by atoms with Crippen LogP contribution >= 0.6 is 11.8 Å². The van der Waals surface area contributed by atoms with Crippen molar-refractivity contribution in [3.8, 4) is 5.75 Å². The normalized spacial score (nSPS) is 13.7. The zero-order chi connectivity index (χ0) is 25.1. The second-order valence-corrected chi connectivity index (χ2v) is 9.75. The number of nitrogens with two attached hydrogens (primary N) is 1. The fourth-order valence-corrected chi connectivity index (χ4v) is 4.75. The van der Waals surface area contributed by atoms with Gasteiger partial charge in [0.25, 0.3) is 0 Å². The smallest absolute Gasteiger partial charge is 0.245 e. The van der Waals surface area contributed by atoms with E-state index in [-0.39, 0.29) is 12.5 Å². The molecule has 1 aromatic carbocycles. The van der Waals surface area contributed by atoms with E-state index in [0.29, 0.717) is 49.1 Å². The highest BCUT2D eigenvalue weighted by molar-refractivity contribution is 8.14. The molecule has 1 saturated carbocycles. The Balaban J connectivity index is 1.44. The number of hydrogen-bond donors (Lipinski definition) is 3. The minimum Gasteiger partial charge on any atom is -0.491 e. The van der Waals surface area contributed by atoms with Crippen molar-refractivity contribution >= 4 is 28.5 Å². The first-order chi connectivity index (χ1) is 17.1. The van der Waals surface area contributed by atoms with Gasteiger partial charge in [-0.25, -0.2) is 5.84 Å². The third-order valence-corrected chi connectivity index (χ3v) is 6.84. The van der Waals surface area contributed by atoms with Crippen LogP contribution in [0.2, 0.25) is 0 Å². The Morgan fingerprint density at radius 1 is 1.03 bits per heavy atom. The molecule has 10 heteroatoms. The molecule has 198 valence electrons. The van der Waals surface area contributed by atoms with Gasteiger partial charge in [0.05, 0.1) is 25.5 Å². The summed E-state index contributed by atoms with van der Waals surface area (Å²) in [5, 5.41) is 13.4. The summed E-state index contributed by atoms with van der Waals surface area (Å²) in [6.07, 6.45) is 9.03. The van der Waals surface area contributed by atoms with Crippen molar-refractivity contribution in [2.24, 2.45) is 5.84 Å². The van der Waals surface area contributed by atoms with E-state index in [1.165, 1.54) is 17.9 Å². The zero-order valence-corrected chi connectivity index (χ0v) is 21.8. The third kappa shape index (κ3) is 13.1. The van der Waals surface area contributed by atoms with Gasteiger partial charge in [-0.05, 0) is 49.9 Å². The van der Waals surface area contributed by atoms with Crippen LogP contribution in [0.3, 0.4) is 0 Å². The van der Waals surface area contributed by atoms with Gasteiger partial charge in [0.15, 0.2) is 5.17 Å². The number of nitrogens with zero attached hydrogens (tertiary/aromatic N) is 1. The molecule has 2 rings (SSSR count). The van der Waals surface area contributed by atoms with Crippen LogP contribution in [0.25, 0.3) is 0 Å². The quantitative estimate of drug-likeness (QED) is 0.0899. The Morgan fingerprint density at radius 3 is 2.46 bits per heavy atom. The van der Waals surface area contributed by atoms with Crippen LogP contribution in [0.1, 0.15) is 51.4 Å². The van der Waals surface area contributed by atoms with E-state index in [2.05, 4.69) is 5.32 Å². The SMILES string of the molecule is COCCCCCCNC(=O)COCCOCCOc1ccc(N(N)C(=N)SC2CCCC2)cc1. The summed E-state index contributed by atoms with van der Waals surface area (Å²) in [6.45, 7) is 3.10. The number of hydrogen-bond acceptors (Lipinski definition) is 8. The first kappa shape index (κ1) is 29.4. The predicted octanol–water partition coefficient (Wildman–Crippen LogP) is 3.71. The summed E-state index contributed by atoms with van der Waals surface area (Å²) < 4.78 is 21.5. The van der Waals surface area contributed by atoms with Gasteiger partial charge in [-0.3, -0.25) is 15.2 Å². The molecule has 0 saturated heterocycles. The molecule has 1 aliphatic carbocycles. The van der Waals surface area contributed by atoms with Crippen LogP contribution in [0.4, 0.5) is 5.69 Å². The number of methoxy groups -OCH3 is 1. The fraction of sp³-hybridized carbons (Fsp3) is 0.680. The predicted molar refractivity (Wildman–Crippen MR) is 141 cm³/mol. The van der Waals surface area contributed by atoms with Gasteiger partial charge in [-0.2, -0.15) is 0 Å². The van der Waals surface area contributed by atoms with Gasteiger partial charge in [-0.1, -0.05) is 37.4 Å². The van der Waals surface area contributed by atoms with Gasteiger partial charge >= 0.3 is 0 Å². The topological polar surface area (TPSA) is 119 Å². The lowest BCUT2D eigenvalue weighted by molar-refractivity contribution is -0.126. The van der Waals surface area contributed by atoms with Crippen molar-refractivity contribution in [2.75, 3.05) is 58.3 Å². The number of ether oxygens (including phenoxy) is 4. The summed E-state index contributed by atoms with van der Waals surface area (Å²) in [4.78, 5) is 11.7. The minimum atomic E-state index is -0.100. The van der Waals surface area contributed by atoms with E-state index in [4.69, 9.17) is 30.2 Å². The number of amidine groups is 1. The maximum atomic E-state index is 11.7. The van der Waals surface area contributed by atoms with Crippen molar-refractivity contribution in [1.82, 2.24) is 5.32 Å². The second kappa shape index (κ2) is 18.4. The Kier molecular flexibility index (Phi) is 15.5. The molecule has 0 atom stereocenters. The number of thioether (sulfide) groups is 1. The number of carbonyl (C=O) groups excluding carboxylic acids is 1. The summed E-state index contributed by atoms with van der Waals surface area (Å²) >= 11 is 1.55. The van der Waals surface area contributed by atoms with Gasteiger partial charge in [0.2, 0.25) is 5.91 Å². The van der Waals surface area contributed by atoms with E-state index in [1.807, 2.05) is 24.3 Å². The molecule has 0 radical (unpaired) electrons. The van der Waals surface area contributed by atoms with Crippen LogP contribution in [0.5, 0.6) is 5.75 Å². The molecule has 1 amide bonds. The molecule has 1 fully saturated rings. The second-order valence-electron chi connectivity index (χ2n) is 8.46. The van der Waals surface area contributed by atoms with Crippen molar-refractivity contribution in [2.45, 2.75) is 56.6 Å². The van der Waals surface area contributed by atoms with Crippen LogP contribution in [-0.4, -0.2) is 69.6 Å². The molecule has 1 aromatic rings. The van der Waals surface area contributed by atoms with E-state index < -0.39 is 0 Å². The number of unbranched alkanes of at least 4 members (excludes halogenated alkanes) is 3. The minimum absolute atomic E-state index is 0.0463. The zero-order valence-electron chi connectivity index (χ0n) is 21.0. The van der Waals surface area contributed by atoms with Crippen molar-refractivity contribution in [3.05, 3.63) is 24.3 Å². The average molecular weight is 511 g/mol. The molecular weight excluding hydrogens is 468 g/mol. The maximum Gasteiger partial charge on any atom is 0.245 e. The van der Waals surface area contributed by atoms with Crippen LogP contribution in [-0.2, 0) is 19.0 Å². The van der Waals surface area contributed by atoms with Gasteiger partial charge in [0, 0.05) is 25.5 Å². The fourth-order valence-electron chi connectivity index (χ4n) is 3.65. The molecule has 1 aliphatic rings. The van der Waals surface area contributed by atoms with Crippen molar-refractivity contribution in [3.63, 3.8) is 0 Å². The van der Waals surface area contributed by atoms with Crippen LogP contribution < -0.4 is 20.9 Å². The largest absolute Gasteiger partial charge is 0.491 e. The Bertz CT molecular complexity index is 716. The summed E-state index contributed by atoms with van der Waals surface area (Å²) in [5.41, 5.74) is 0.757. The number of hydrazine groups is 1. The molecule has 0 aliphatic heterocycles. The molecule has 9 nitrogen and oxygen atoms in total. The standard InChI is InChI=1S/C25H42N4O5S/c1-31-15-7-3-2-6-14-28-24(30)20-33-17-16-32-18-19-34-22-12-10-21(11-13-22)29(27)25(26)35-23-8-4-5-9-23/h10-13,23,26H,2-9,14-20,27H2,1H3,(H,28,30). The van der Waals surface area contributed by atoms with Crippen molar-refractivity contribution in [1.29, 1.82) is 5.41 Å². The number of benzene rings is 1. The highest BCUT2D eigenvalue weighted by Gasteiger charge is 2.20. The average Bonchev–Trinajstić information content (AvgIpc) is 3.38. The van der Waals surface area contributed by atoms with Gasteiger partial charge in [0.1, 0.15) is 19.0 Å². The molecule has 0 aromatic heterocycles. The van der Waals surface area contributed by atoms with E-state index >= 15 is 0 Å². The first-order valence-electron chi connectivity index (χ1n) is 12.5. The summed E-state index contributed by atoms with van der Waals surface area (Å²) in [5.74, 6) is 6.72. The van der Waals surface area contributed by atoms with E-state index in [0.717, 1.165) is 50.8 Å². The number of nitrogens with one attached hydrogen (secondary N) is 2. The highest BCUT2D eigenvalue weighted by Crippen LogP contribution is 2.31. The van der Waals surface area contributed by atoms with E-state index in [1.54, 1.807) is 18.9 Å².